The van der Waals surface area contributed by atoms with Crippen LogP contribution in [0.5, 0.6) is 0 Å². The number of para-hydroxylation sites is 1. The lowest BCUT2D eigenvalue weighted by Crippen LogP contribution is -2.29. The van der Waals surface area contributed by atoms with Crippen LogP contribution in [0.25, 0.3) is 0 Å². The Labute approximate surface area is 85.8 Å². The van der Waals surface area contributed by atoms with Gasteiger partial charge in [0.25, 0.3) is 0 Å². The summed E-state index contributed by atoms with van der Waals surface area (Å²) < 4.78 is 0. The summed E-state index contributed by atoms with van der Waals surface area (Å²) in [5.41, 5.74) is 0.812. The molecule has 0 unspecified atom stereocenters. The number of benzene rings is 1. The molecule has 14 heavy (non-hydrogen) atoms. The number of hydrogen-bond donors (Lipinski definition) is 1. The van der Waals surface area contributed by atoms with Crippen LogP contribution in [0.4, 0.5) is 5.69 Å². The van der Waals surface area contributed by atoms with E-state index in [1.165, 1.54) is 16.7 Å². The number of anilines is 1. The summed E-state index contributed by atoms with van der Waals surface area (Å²) in [6, 6.07) is 9.36. The molecule has 0 radical (unpaired) electrons. The van der Waals surface area contributed by atoms with Crippen LogP contribution in [0.3, 0.4) is 0 Å². The summed E-state index contributed by atoms with van der Waals surface area (Å²) in [4.78, 5) is 13.0. The molecule has 0 aromatic heterocycles. The Morgan fingerprint density at radius 3 is 2.71 bits per heavy atom. The van der Waals surface area contributed by atoms with Crippen molar-refractivity contribution in [1.29, 1.82) is 0 Å². The molecule has 1 aliphatic rings. The number of hydrogen-bond acceptors (Lipinski definition) is 4. The number of thioether (sulfide) groups is 1. The Hall–Kier alpha value is -1.49. The van der Waals surface area contributed by atoms with E-state index in [4.69, 9.17) is 5.84 Å². The van der Waals surface area contributed by atoms with E-state index in [1.54, 1.807) is 0 Å². The van der Waals surface area contributed by atoms with Gasteiger partial charge in [-0.05, 0) is 12.1 Å². The number of nitrogens with zero attached hydrogens (tertiary/aromatic N) is 2. The first-order valence-corrected chi connectivity index (χ1v) is 5.10. The van der Waals surface area contributed by atoms with E-state index in [2.05, 4.69) is 5.10 Å². The number of nitrogens with two attached hydrogens (primary N) is 1. The third-order valence-electron chi connectivity index (χ3n) is 1.89. The summed E-state index contributed by atoms with van der Waals surface area (Å²) in [5, 5.41) is 4.14. The van der Waals surface area contributed by atoms with Crippen molar-refractivity contribution in [3.63, 3.8) is 0 Å². The summed E-state index contributed by atoms with van der Waals surface area (Å²) in [6.45, 7) is 0. The second kappa shape index (κ2) is 3.71. The first-order valence-electron chi connectivity index (χ1n) is 4.11. The van der Waals surface area contributed by atoms with Crippen molar-refractivity contribution in [1.82, 2.24) is 0 Å². The number of rotatable bonds is 1. The minimum atomic E-state index is 0.0189. The maximum absolute atomic E-state index is 11.5. The molecule has 2 rings (SSSR count). The Bertz CT molecular complexity index is 377. The third-order valence-corrected chi connectivity index (χ3v) is 2.83. The SMILES string of the molecule is NN=C1SCC(=O)N1c1ccccc1. The van der Waals surface area contributed by atoms with Gasteiger partial charge in [0, 0.05) is 0 Å². The van der Waals surface area contributed by atoms with Crippen molar-refractivity contribution in [2.24, 2.45) is 10.9 Å². The maximum Gasteiger partial charge on any atom is 0.243 e. The zero-order chi connectivity index (χ0) is 9.97. The van der Waals surface area contributed by atoms with E-state index in [9.17, 15) is 4.79 Å². The first kappa shape index (κ1) is 9.08. The molecule has 2 N–H and O–H groups in total. The average Bonchev–Trinajstić information content (AvgIpc) is 2.61. The van der Waals surface area contributed by atoms with Crippen molar-refractivity contribution in [2.75, 3.05) is 10.7 Å². The van der Waals surface area contributed by atoms with Crippen molar-refractivity contribution < 1.29 is 4.79 Å². The normalized spacial score (nSPS) is 19.3. The van der Waals surface area contributed by atoms with Gasteiger partial charge in [0.2, 0.25) is 5.91 Å². The Kier molecular flexibility index (Phi) is 2.41. The highest BCUT2D eigenvalue weighted by Gasteiger charge is 2.29. The number of carbonyl (C=O) groups excluding carboxylic acids is 1. The molecule has 1 saturated heterocycles. The number of hydrazone groups is 1. The van der Waals surface area contributed by atoms with Gasteiger partial charge >= 0.3 is 0 Å². The molecule has 0 spiro atoms. The molecule has 0 aliphatic carbocycles. The Morgan fingerprint density at radius 1 is 1.36 bits per heavy atom. The van der Waals surface area contributed by atoms with Crippen LogP contribution in [0, 0.1) is 0 Å². The van der Waals surface area contributed by atoms with Gasteiger partial charge < -0.3 is 5.84 Å². The van der Waals surface area contributed by atoms with Gasteiger partial charge in [-0.2, -0.15) is 5.10 Å². The molecule has 0 bridgehead atoms. The molecular formula is C9H9N3OS. The minimum absolute atomic E-state index is 0.0189. The molecule has 0 saturated carbocycles. The third kappa shape index (κ3) is 1.46. The van der Waals surface area contributed by atoms with Crippen LogP contribution in [0.15, 0.2) is 35.4 Å². The van der Waals surface area contributed by atoms with Gasteiger partial charge in [0.1, 0.15) is 0 Å². The summed E-state index contributed by atoms with van der Waals surface area (Å²) in [6.07, 6.45) is 0. The molecule has 0 atom stereocenters. The molecule has 72 valence electrons. The fourth-order valence-corrected chi connectivity index (χ4v) is 2.08. The van der Waals surface area contributed by atoms with E-state index in [0.29, 0.717) is 10.9 Å². The Balaban J connectivity index is 2.38. The maximum atomic E-state index is 11.5. The van der Waals surface area contributed by atoms with Crippen LogP contribution in [0.2, 0.25) is 0 Å². The van der Waals surface area contributed by atoms with E-state index in [1.807, 2.05) is 30.3 Å². The van der Waals surface area contributed by atoms with Crippen LogP contribution in [-0.2, 0) is 4.79 Å². The molecule has 1 aromatic rings. The first-order chi connectivity index (χ1) is 6.83. The van der Waals surface area contributed by atoms with Gasteiger partial charge in [0.05, 0.1) is 11.4 Å². The minimum Gasteiger partial charge on any atom is -0.321 e. The van der Waals surface area contributed by atoms with E-state index in [-0.39, 0.29) is 5.91 Å². The zero-order valence-corrected chi connectivity index (χ0v) is 8.20. The molecule has 1 aromatic carbocycles. The smallest absolute Gasteiger partial charge is 0.243 e. The van der Waals surface area contributed by atoms with E-state index >= 15 is 0 Å². The fraction of sp³-hybridized carbons (Fsp3) is 0.111. The summed E-state index contributed by atoms with van der Waals surface area (Å²) in [7, 11) is 0. The van der Waals surface area contributed by atoms with Crippen molar-refractivity contribution >= 4 is 28.5 Å². The molecule has 1 fully saturated rings. The molecule has 1 amide bonds. The largest absolute Gasteiger partial charge is 0.321 e. The van der Waals surface area contributed by atoms with E-state index < -0.39 is 0 Å². The van der Waals surface area contributed by atoms with Crippen LogP contribution in [-0.4, -0.2) is 16.8 Å². The molecule has 1 aliphatic heterocycles. The monoisotopic (exact) mass is 207 g/mol. The highest BCUT2D eigenvalue weighted by molar-refractivity contribution is 8.15. The molecular weight excluding hydrogens is 198 g/mol. The topological polar surface area (TPSA) is 58.7 Å². The van der Waals surface area contributed by atoms with Crippen molar-refractivity contribution in [3.8, 4) is 0 Å². The van der Waals surface area contributed by atoms with Gasteiger partial charge in [0.15, 0.2) is 5.17 Å². The molecule has 1 heterocycles. The highest BCUT2D eigenvalue weighted by Crippen LogP contribution is 2.25. The zero-order valence-electron chi connectivity index (χ0n) is 7.38. The van der Waals surface area contributed by atoms with Gasteiger partial charge in [-0.1, -0.05) is 30.0 Å². The fourth-order valence-electron chi connectivity index (χ4n) is 1.29. The van der Waals surface area contributed by atoms with Gasteiger partial charge in [-0.25, -0.2) is 0 Å². The van der Waals surface area contributed by atoms with Gasteiger partial charge in [-0.3, -0.25) is 9.69 Å². The lowest BCUT2D eigenvalue weighted by molar-refractivity contribution is -0.115. The quantitative estimate of drug-likeness (QED) is 0.552. The summed E-state index contributed by atoms with van der Waals surface area (Å²) >= 11 is 1.35. The predicted octanol–water partition coefficient (Wildman–Crippen LogP) is 0.996. The molecule has 5 heteroatoms. The van der Waals surface area contributed by atoms with Crippen LogP contribution >= 0.6 is 11.8 Å². The lowest BCUT2D eigenvalue weighted by Gasteiger charge is -2.14. The van der Waals surface area contributed by atoms with Gasteiger partial charge in [-0.15, -0.1) is 0 Å². The number of carbonyl (C=O) groups is 1. The highest BCUT2D eigenvalue weighted by atomic mass is 32.2. The number of amides is 1. The van der Waals surface area contributed by atoms with Crippen LogP contribution < -0.4 is 10.7 Å². The standard InChI is InChI=1S/C9H9N3OS/c10-11-9-12(8(13)6-14-9)7-4-2-1-3-5-7/h1-5H,6,10H2. The van der Waals surface area contributed by atoms with Crippen LogP contribution in [0.1, 0.15) is 0 Å². The number of amidine groups is 1. The van der Waals surface area contributed by atoms with E-state index in [0.717, 1.165) is 5.69 Å². The Morgan fingerprint density at radius 2 is 2.07 bits per heavy atom. The average molecular weight is 207 g/mol. The van der Waals surface area contributed by atoms with Crippen molar-refractivity contribution in [3.05, 3.63) is 30.3 Å². The lowest BCUT2D eigenvalue weighted by atomic mass is 10.3. The summed E-state index contributed by atoms with van der Waals surface area (Å²) in [5.74, 6) is 5.62. The molecule has 4 nitrogen and oxygen atoms in total. The van der Waals surface area contributed by atoms with Crippen molar-refractivity contribution in [2.45, 2.75) is 0 Å². The second-order valence-corrected chi connectivity index (χ2v) is 3.71. The second-order valence-electron chi connectivity index (χ2n) is 2.77. The predicted molar refractivity (Wildman–Crippen MR) is 58.0 cm³/mol.